The highest BCUT2D eigenvalue weighted by atomic mass is 19.4. The third kappa shape index (κ3) is 3.25. The van der Waals surface area contributed by atoms with Crippen LogP contribution in [0.5, 0.6) is 0 Å². The van der Waals surface area contributed by atoms with E-state index in [0.717, 1.165) is 17.0 Å². The van der Waals surface area contributed by atoms with Crippen molar-refractivity contribution in [2.75, 3.05) is 11.4 Å². The summed E-state index contributed by atoms with van der Waals surface area (Å²) in [6.45, 7) is -1.13. The van der Waals surface area contributed by atoms with Crippen molar-refractivity contribution in [3.05, 3.63) is 33.9 Å². The van der Waals surface area contributed by atoms with Crippen molar-refractivity contribution >= 4 is 17.7 Å². The molecule has 0 aromatic heterocycles. The van der Waals surface area contributed by atoms with E-state index in [9.17, 15) is 28.1 Å². The quantitative estimate of drug-likeness (QED) is 0.475. The minimum atomic E-state index is -4.37. The van der Waals surface area contributed by atoms with Crippen LogP contribution >= 0.6 is 0 Å². The Hall–Kier alpha value is -2.12. The van der Waals surface area contributed by atoms with Gasteiger partial charge in [-0.3, -0.25) is 14.9 Å². The summed E-state index contributed by atoms with van der Waals surface area (Å²) >= 11 is 0. The van der Waals surface area contributed by atoms with Crippen LogP contribution in [0.25, 0.3) is 0 Å². The lowest BCUT2D eigenvalue weighted by atomic mass is 10.1. The number of aldehydes is 1. The summed E-state index contributed by atoms with van der Waals surface area (Å²) in [5.74, 6) is 0. The number of carbonyl (C=O) groups excluding carboxylic acids is 1. The number of alkyl halides is 3. The van der Waals surface area contributed by atoms with Crippen LogP contribution in [-0.2, 0) is 0 Å². The molecule has 0 saturated heterocycles. The van der Waals surface area contributed by atoms with Crippen molar-refractivity contribution < 1.29 is 22.9 Å². The Bertz CT molecular complexity index is 541. The first-order valence-corrected chi connectivity index (χ1v) is 5.89. The molecule has 5 nitrogen and oxygen atoms in total. The van der Waals surface area contributed by atoms with Gasteiger partial charge in [-0.05, 0) is 25.0 Å². The maximum absolute atomic E-state index is 12.5. The summed E-state index contributed by atoms with van der Waals surface area (Å²) in [6.07, 6.45) is -2.81. The Kier molecular flexibility index (Phi) is 3.65. The zero-order chi connectivity index (χ0) is 14.9. The molecule has 1 aromatic carbocycles. The van der Waals surface area contributed by atoms with E-state index in [0.29, 0.717) is 12.8 Å². The van der Waals surface area contributed by atoms with Gasteiger partial charge in [0.2, 0.25) is 0 Å². The van der Waals surface area contributed by atoms with Gasteiger partial charge in [0.1, 0.15) is 6.54 Å². The summed E-state index contributed by atoms with van der Waals surface area (Å²) in [4.78, 5) is 21.9. The van der Waals surface area contributed by atoms with E-state index in [1.807, 2.05) is 0 Å². The van der Waals surface area contributed by atoms with Crippen molar-refractivity contribution in [2.45, 2.75) is 25.1 Å². The lowest BCUT2D eigenvalue weighted by molar-refractivity contribution is -0.385. The molecule has 1 aromatic rings. The molecular formula is C12H11F3N2O3. The van der Waals surface area contributed by atoms with Gasteiger partial charge in [0.25, 0.3) is 5.69 Å². The van der Waals surface area contributed by atoms with Crippen molar-refractivity contribution in [1.29, 1.82) is 0 Å². The average molecular weight is 288 g/mol. The molecule has 0 N–H and O–H groups in total. The Balaban J connectivity index is 2.34. The van der Waals surface area contributed by atoms with E-state index >= 15 is 0 Å². The van der Waals surface area contributed by atoms with Crippen LogP contribution in [-0.4, -0.2) is 30.0 Å². The van der Waals surface area contributed by atoms with Gasteiger partial charge in [-0.1, -0.05) is 0 Å². The molecule has 0 amide bonds. The van der Waals surface area contributed by atoms with Crippen LogP contribution in [0.2, 0.25) is 0 Å². The number of benzene rings is 1. The second-order valence-electron chi connectivity index (χ2n) is 4.59. The smallest absolute Gasteiger partial charge is 0.359 e. The average Bonchev–Trinajstić information content (AvgIpc) is 3.18. The molecule has 0 aliphatic heterocycles. The fourth-order valence-electron chi connectivity index (χ4n) is 1.99. The van der Waals surface area contributed by atoms with Gasteiger partial charge in [0, 0.05) is 17.8 Å². The SMILES string of the molecule is O=Cc1cc(N(CC(F)(F)F)C2CC2)ccc1[N+](=O)[O-]. The Morgan fingerprint density at radius 2 is 2.05 bits per heavy atom. The highest BCUT2D eigenvalue weighted by Crippen LogP contribution is 2.35. The molecule has 108 valence electrons. The summed E-state index contributed by atoms with van der Waals surface area (Å²) in [5.41, 5.74) is -0.454. The van der Waals surface area contributed by atoms with Gasteiger partial charge >= 0.3 is 6.18 Å². The number of rotatable bonds is 5. The third-order valence-corrected chi connectivity index (χ3v) is 3.00. The zero-order valence-electron chi connectivity index (χ0n) is 10.3. The molecule has 1 fully saturated rings. The van der Waals surface area contributed by atoms with Gasteiger partial charge in [0.05, 0.1) is 10.5 Å². The maximum Gasteiger partial charge on any atom is 0.405 e. The second-order valence-corrected chi connectivity index (χ2v) is 4.59. The molecule has 0 spiro atoms. The van der Waals surface area contributed by atoms with Crippen molar-refractivity contribution in [1.82, 2.24) is 0 Å². The molecule has 0 unspecified atom stereocenters. The van der Waals surface area contributed by atoms with E-state index in [4.69, 9.17) is 0 Å². The van der Waals surface area contributed by atoms with E-state index in [1.54, 1.807) is 0 Å². The number of nitro benzene ring substituents is 1. The molecule has 1 aliphatic rings. The van der Waals surface area contributed by atoms with E-state index in [-0.39, 0.29) is 23.6 Å². The molecule has 0 radical (unpaired) electrons. The molecule has 0 heterocycles. The van der Waals surface area contributed by atoms with Crippen LogP contribution < -0.4 is 4.90 Å². The van der Waals surface area contributed by atoms with Crippen molar-refractivity contribution in [2.24, 2.45) is 0 Å². The predicted molar refractivity (Wildman–Crippen MR) is 64.9 cm³/mol. The number of nitrogens with zero attached hydrogens (tertiary/aromatic N) is 2. The summed E-state index contributed by atoms with van der Waals surface area (Å²) in [7, 11) is 0. The predicted octanol–water partition coefficient (Wildman–Crippen LogP) is 2.94. The minimum Gasteiger partial charge on any atom is -0.359 e. The fraction of sp³-hybridized carbons (Fsp3) is 0.417. The van der Waals surface area contributed by atoms with Crippen LogP contribution in [0.15, 0.2) is 18.2 Å². The Morgan fingerprint density at radius 1 is 1.40 bits per heavy atom. The molecule has 8 heteroatoms. The summed E-state index contributed by atoms with van der Waals surface area (Å²) < 4.78 is 37.6. The number of nitro groups is 1. The van der Waals surface area contributed by atoms with Gasteiger partial charge < -0.3 is 4.90 Å². The van der Waals surface area contributed by atoms with Crippen LogP contribution in [0.1, 0.15) is 23.2 Å². The number of halogens is 3. The zero-order valence-corrected chi connectivity index (χ0v) is 10.3. The summed E-state index contributed by atoms with van der Waals surface area (Å²) in [5, 5.41) is 10.7. The van der Waals surface area contributed by atoms with Crippen molar-refractivity contribution in [3.8, 4) is 0 Å². The van der Waals surface area contributed by atoms with Crippen molar-refractivity contribution in [3.63, 3.8) is 0 Å². The summed E-state index contributed by atoms with van der Waals surface area (Å²) in [6, 6.07) is 3.22. The first kappa shape index (κ1) is 14.3. The monoisotopic (exact) mass is 288 g/mol. The first-order chi connectivity index (χ1) is 9.31. The van der Waals surface area contributed by atoms with E-state index in [1.165, 1.54) is 6.07 Å². The molecule has 20 heavy (non-hydrogen) atoms. The number of carbonyl (C=O) groups is 1. The van der Waals surface area contributed by atoms with Gasteiger partial charge in [-0.25, -0.2) is 0 Å². The van der Waals surface area contributed by atoms with Crippen LogP contribution in [0.3, 0.4) is 0 Å². The number of hydrogen-bond acceptors (Lipinski definition) is 4. The van der Waals surface area contributed by atoms with Crippen LogP contribution in [0.4, 0.5) is 24.5 Å². The largest absolute Gasteiger partial charge is 0.405 e. The number of hydrogen-bond donors (Lipinski definition) is 0. The van der Waals surface area contributed by atoms with E-state index < -0.39 is 23.3 Å². The maximum atomic E-state index is 12.5. The fourth-order valence-corrected chi connectivity index (χ4v) is 1.99. The Labute approximate surface area is 112 Å². The molecule has 0 bridgehead atoms. The lowest BCUT2D eigenvalue weighted by Gasteiger charge is -2.26. The van der Waals surface area contributed by atoms with Gasteiger partial charge in [-0.15, -0.1) is 0 Å². The first-order valence-electron chi connectivity index (χ1n) is 5.89. The molecule has 0 atom stereocenters. The normalized spacial score (nSPS) is 14.9. The molecule has 1 aliphatic carbocycles. The third-order valence-electron chi connectivity index (χ3n) is 3.00. The standard InChI is InChI=1S/C12H11F3N2O3/c13-12(14,15)7-16(9-1-2-9)10-3-4-11(17(19)20)8(5-10)6-18/h3-6,9H,1-2,7H2. The van der Waals surface area contributed by atoms with Gasteiger partial charge in [0.15, 0.2) is 6.29 Å². The Morgan fingerprint density at radius 3 is 2.50 bits per heavy atom. The highest BCUT2D eigenvalue weighted by molar-refractivity contribution is 5.83. The molecule has 1 saturated carbocycles. The second kappa shape index (κ2) is 5.10. The molecule has 2 rings (SSSR count). The van der Waals surface area contributed by atoms with E-state index in [2.05, 4.69) is 0 Å². The molecular weight excluding hydrogens is 277 g/mol. The minimum absolute atomic E-state index is 0.178. The van der Waals surface area contributed by atoms with Crippen LogP contribution in [0, 0.1) is 10.1 Å². The topological polar surface area (TPSA) is 63.5 Å². The number of anilines is 1. The highest BCUT2D eigenvalue weighted by Gasteiger charge is 2.38. The lowest BCUT2D eigenvalue weighted by Crippen LogP contribution is -2.36. The van der Waals surface area contributed by atoms with Gasteiger partial charge in [-0.2, -0.15) is 13.2 Å².